The van der Waals surface area contributed by atoms with Crippen LogP contribution in [0.4, 0.5) is 5.69 Å². The lowest BCUT2D eigenvalue weighted by Crippen LogP contribution is -2.41. The molecule has 0 spiro atoms. The average molecular weight is 428 g/mol. The Hall–Kier alpha value is -3.11. The van der Waals surface area contributed by atoms with Crippen molar-refractivity contribution in [2.75, 3.05) is 32.1 Å². The number of fused-ring (bicyclic) bond motifs is 1. The van der Waals surface area contributed by atoms with E-state index >= 15 is 0 Å². The molecule has 0 saturated carbocycles. The van der Waals surface area contributed by atoms with Crippen LogP contribution in [0.15, 0.2) is 72.8 Å². The molecule has 0 saturated heterocycles. The van der Waals surface area contributed by atoms with Crippen molar-refractivity contribution in [3.8, 4) is 0 Å². The van der Waals surface area contributed by atoms with Crippen LogP contribution in [-0.2, 0) is 24.2 Å². The summed E-state index contributed by atoms with van der Waals surface area (Å²) in [5.74, 6) is 0.0721. The van der Waals surface area contributed by atoms with Crippen molar-refractivity contribution < 1.29 is 4.79 Å². The van der Waals surface area contributed by atoms with Gasteiger partial charge in [0.15, 0.2) is 0 Å². The second-order valence-electron chi connectivity index (χ2n) is 8.96. The Kier molecular flexibility index (Phi) is 6.91. The molecule has 1 aliphatic rings. The number of nitrogens with one attached hydrogen (secondary N) is 1. The van der Waals surface area contributed by atoms with Gasteiger partial charge in [0.05, 0.1) is 12.5 Å². The smallest absolute Gasteiger partial charge is 0.224 e. The number of aryl methyl sites for hydroxylation is 1. The summed E-state index contributed by atoms with van der Waals surface area (Å²) in [6, 6.07) is 25.7. The third-order valence-corrected chi connectivity index (χ3v) is 6.33. The maximum Gasteiger partial charge on any atom is 0.224 e. The van der Waals surface area contributed by atoms with E-state index in [-0.39, 0.29) is 11.9 Å². The van der Waals surface area contributed by atoms with E-state index in [9.17, 15) is 4.79 Å². The molecule has 0 aromatic heterocycles. The Labute approximate surface area is 191 Å². The number of benzene rings is 3. The highest BCUT2D eigenvalue weighted by Crippen LogP contribution is 2.28. The van der Waals surface area contributed by atoms with Gasteiger partial charge in [-0.3, -0.25) is 9.69 Å². The Bertz CT molecular complexity index is 1060. The second kappa shape index (κ2) is 10.0. The Morgan fingerprint density at radius 3 is 2.47 bits per heavy atom. The first-order valence-corrected chi connectivity index (χ1v) is 11.4. The molecule has 4 heteroatoms. The number of carbonyl (C=O) groups is 1. The zero-order valence-corrected chi connectivity index (χ0v) is 19.3. The van der Waals surface area contributed by atoms with E-state index in [4.69, 9.17) is 0 Å². The molecule has 1 amide bonds. The molecular weight excluding hydrogens is 394 g/mol. The van der Waals surface area contributed by atoms with Crippen LogP contribution in [-0.4, -0.2) is 38.0 Å². The lowest BCUT2D eigenvalue weighted by molar-refractivity contribution is -0.120. The van der Waals surface area contributed by atoms with Crippen molar-refractivity contribution in [3.63, 3.8) is 0 Å². The van der Waals surface area contributed by atoms with Crippen LogP contribution in [0.1, 0.15) is 33.9 Å². The summed E-state index contributed by atoms with van der Waals surface area (Å²) in [5, 5.41) is 3.22. The van der Waals surface area contributed by atoms with Gasteiger partial charge >= 0.3 is 0 Å². The summed E-state index contributed by atoms with van der Waals surface area (Å²) in [5.41, 5.74) is 7.49. The van der Waals surface area contributed by atoms with E-state index in [1.54, 1.807) is 0 Å². The zero-order chi connectivity index (χ0) is 22.5. The number of carbonyl (C=O) groups excluding carboxylic acids is 1. The first-order chi connectivity index (χ1) is 15.5. The molecule has 0 radical (unpaired) electrons. The number of rotatable bonds is 7. The monoisotopic (exact) mass is 427 g/mol. The molecule has 166 valence electrons. The van der Waals surface area contributed by atoms with E-state index in [2.05, 4.69) is 96.8 Å². The third kappa shape index (κ3) is 5.38. The molecule has 4 rings (SSSR count). The SMILES string of the molecule is Cc1cccc(CC(=O)NCC(c2ccc(N(C)C)cc2)N2CCc3ccccc3C2)c1. The van der Waals surface area contributed by atoms with Gasteiger partial charge in [0.1, 0.15) is 0 Å². The normalized spacial score (nSPS) is 14.5. The fourth-order valence-electron chi connectivity index (χ4n) is 4.52. The van der Waals surface area contributed by atoms with Crippen molar-refractivity contribution in [2.45, 2.75) is 32.4 Å². The standard InChI is InChI=1S/C28H33N3O/c1-21-7-6-8-22(17-21)18-28(32)29-19-27(24-11-13-26(14-12-24)30(2)3)31-16-15-23-9-4-5-10-25(23)20-31/h4-14,17,27H,15-16,18-20H2,1-3H3,(H,29,32). The number of nitrogens with zero attached hydrogens (tertiary/aromatic N) is 2. The minimum atomic E-state index is 0.0721. The Morgan fingerprint density at radius 1 is 1.00 bits per heavy atom. The van der Waals surface area contributed by atoms with Crippen molar-refractivity contribution in [3.05, 3.63) is 101 Å². The first-order valence-electron chi connectivity index (χ1n) is 11.4. The first kappa shape index (κ1) is 22.1. The molecule has 0 fully saturated rings. The molecule has 1 heterocycles. The minimum Gasteiger partial charge on any atom is -0.378 e. The fraction of sp³-hybridized carbons (Fsp3) is 0.321. The van der Waals surface area contributed by atoms with Crippen LogP contribution in [0.25, 0.3) is 0 Å². The van der Waals surface area contributed by atoms with Gasteiger partial charge in [-0.15, -0.1) is 0 Å². The lowest BCUT2D eigenvalue weighted by Gasteiger charge is -2.36. The maximum atomic E-state index is 12.7. The summed E-state index contributed by atoms with van der Waals surface area (Å²) in [6.45, 7) is 4.56. The summed E-state index contributed by atoms with van der Waals surface area (Å²) < 4.78 is 0. The molecule has 3 aromatic carbocycles. The summed E-state index contributed by atoms with van der Waals surface area (Å²) in [6.07, 6.45) is 1.45. The van der Waals surface area contributed by atoms with Crippen LogP contribution in [0.2, 0.25) is 0 Å². The van der Waals surface area contributed by atoms with E-state index in [0.29, 0.717) is 13.0 Å². The van der Waals surface area contributed by atoms with E-state index in [1.807, 2.05) is 12.1 Å². The molecule has 0 bridgehead atoms. The minimum absolute atomic E-state index is 0.0721. The van der Waals surface area contributed by atoms with E-state index in [1.165, 1.54) is 27.9 Å². The molecule has 32 heavy (non-hydrogen) atoms. The van der Waals surface area contributed by atoms with Gasteiger partial charge in [-0.1, -0.05) is 66.2 Å². The van der Waals surface area contributed by atoms with Crippen LogP contribution in [0, 0.1) is 6.92 Å². The van der Waals surface area contributed by atoms with Gasteiger partial charge in [0.25, 0.3) is 0 Å². The fourth-order valence-corrected chi connectivity index (χ4v) is 4.52. The highest BCUT2D eigenvalue weighted by atomic mass is 16.1. The van der Waals surface area contributed by atoms with Crippen LogP contribution in [0.5, 0.6) is 0 Å². The average Bonchev–Trinajstić information content (AvgIpc) is 2.79. The quantitative estimate of drug-likeness (QED) is 0.602. The molecule has 0 aliphatic carbocycles. The predicted octanol–water partition coefficient (Wildman–Crippen LogP) is 4.52. The molecule has 1 atom stereocenters. The lowest BCUT2D eigenvalue weighted by atomic mass is 9.96. The van der Waals surface area contributed by atoms with Gasteiger partial charge in [0, 0.05) is 39.4 Å². The van der Waals surface area contributed by atoms with Crippen LogP contribution >= 0.6 is 0 Å². The van der Waals surface area contributed by atoms with Gasteiger partial charge in [0.2, 0.25) is 5.91 Å². The summed E-state index contributed by atoms with van der Waals surface area (Å²) in [4.78, 5) is 17.4. The van der Waals surface area contributed by atoms with Crippen molar-refractivity contribution in [1.29, 1.82) is 0 Å². The Balaban J connectivity index is 1.50. The van der Waals surface area contributed by atoms with Gasteiger partial charge < -0.3 is 10.2 Å². The maximum absolute atomic E-state index is 12.7. The molecular formula is C28H33N3O. The number of anilines is 1. The number of hydrogen-bond donors (Lipinski definition) is 1. The molecule has 1 N–H and O–H groups in total. The molecule has 1 unspecified atom stereocenters. The topological polar surface area (TPSA) is 35.6 Å². The molecule has 1 aliphatic heterocycles. The predicted molar refractivity (Wildman–Crippen MR) is 132 cm³/mol. The van der Waals surface area contributed by atoms with E-state index in [0.717, 1.165) is 25.1 Å². The van der Waals surface area contributed by atoms with Gasteiger partial charge in [-0.2, -0.15) is 0 Å². The highest BCUT2D eigenvalue weighted by Gasteiger charge is 2.25. The Morgan fingerprint density at radius 2 is 1.75 bits per heavy atom. The second-order valence-corrected chi connectivity index (χ2v) is 8.96. The zero-order valence-electron chi connectivity index (χ0n) is 19.3. The van der Waals surface area contributed by atoms with Gasteiger partial charge in [-0.05, 0) is 47.7 Å². The van der Waals surface area contributed by atoms with E-state index < -0.39 is 0 Å². The van der Waals surface area contributed by atoms with Gasteiger partial charge in [-0.25, -0.2) is 0 Å². The summed E-state index contributed by atoms with van der Waals surface area (Å²) >= 11 is 0. The number of amides is 1. The van der Waals surface area contributed by atoms with Crippen molar-refractivity contribution >= 4 is 11.6 Å². The molecule has 3 aromatic rings. The summed E-state index contributed by atoms with van der Waals surface area (Å²) in [7, 11) is 4.11. The van der Waals surface area contributed by atoms with Crippen LogP contribution in [0.3, 0.4) is 0 Å². The largest absolute Gasteiger partial charge is 0.378 e. The van der Waals surface area contributed by atoms with Crippen LogP contribution < -0.4 is 10.2 Å². The molecule has 4 nitrogen and oxygen atoms in total. The highest BCUT2D eigenvalue weighted by molar-refractivity contribution is 5.78. The number of hydrogen-bond acceptors (Lipinski definition) is 3. The van der Waals surface area contributed by atoms with Crippen molar-refractivity contribution in [2.24, 2.45) is 0 Å². The third-order valence-electron chi connectivity index (χ3n) is 6.33. The van der Waals surface area contributed by atoms with Crippen molar-refractivity contribution in [1.82, 2.24) is 10.2 Å².